The standard InChI is InChI=1S/C16H19N3O3/c1-16(2)13-11(4-3-7-21-13)14(16)22-15(20)10-5-6-12-18-17-9-19(12)8-10/h5-6,8-9,11,13-14H,3-4,7H2,1-2H3/t11-,13+,14-/m0/s1. The minimum absolute atomic E-state index is 0.0816. The summed E-state index contributed by atoms with van der Waals surface area (Å²) in [6, 6.07) is 3.49. The van der Waals surface area contributed by atoms with Gasteiger partial charge < -0.3 is 9.47 Å². The fraction of sp³-hybridized carbons (Fsp3) is 0.562. The van der Waals surface area contributed by atoms with E-state index in [4.69, 9.17) is 9.47 Å². The van der Waals surface area contributed by atoms with Crippen LogP contribution in [0.4, 0.5) is 0 Å². The summed E-state index contributed by atoms with van der Waals surface area (Å²) in [6.07, 6.45) is 5.51. The molecule has 3 heterocycles. The van der Waals surface area contributed by atoms with Gasteiger partial charge in [-0.1, -0.05) is 13.8 Å². The molecule has 2 aromatic heterocycles. The van der Waals surface area contributed by atoms with E-state index in [9.17, 15) is 4.79 Å². The highest BCUT2D eigenvalue weighted by molar-refractivity contribution is 5.89. The van der Waals surface area contributed by atoms with Crippen molar-refractivity contribution in [2.45, 2.75) is 38.9 Å². The van der Waals surface area contributed by atoms with Crippen molar-refractivity contribution in [3.8, 4) is 0 Å². The normalized spacial score (nSPS) is 29.6. The SMILES string of the molecule is CC1(C)[C@@H]2OCCC[C@@H]2[C@@H]1OC(=O)c1ccc2nncn2c1. The van der Waals surface area contributed by atoms with Crippen LogP contribution in [0.2, 0.25) is 0 Å². The first-order chi connectivity index (χ1) is 10.6. The topological polar surface area (TPSA) is 65.7 Å². The van der Waals surface area contributed by atoms with Crippen LogP contribution in [0.25, 0.3) is 5.65 Å². The highest BCUT2D eigenvalue weighted by Crippen LogP contribution is 2.53. The highest BCUT2D eigenvalue weighted by Gasteiger charge is 2.60. The Morgan fingerprint density at radius 3 is 3.18 bits per heavy atom. The zero-order chi connectivity index (χ0) is 15.3. The molecule has 2 aromatic rings. The van der Waals surface area contributed by atoms with Crippen LogP contribution in [-0.4, -0.2) is 39.4 Å². The van der Waals surface area contributed by atoms with Crippen LogP contribution in [0, 0.1) is 11.3 Å². The fourth-order valence-electron chi connectivity index (χ4n) is 3.85. The summed E-state index contributed by atoms with van der Waals surface area (Å²) < 4.78 is 13.4. The molecule has 1 saturated carbocycles. The zero-order valence-electron chi connectivity index (χ0n) is 12.7. The molecule has 0 N–H and O–H groups in total. The molecular weight excluding hydrogens is 282 g/mol. The van der Waals surface area contributed by atoms with E-state index in [0.717, 1.165) is 19.4 Å². The maximum Gasteiger partial charge on any atom is 0.339 e. The molecule has 0 radical (unpaired) electrons. The van der Waals surface area contributed by atoms with Gasteiger partial charge in [0, 0.05) is 24.1 Å². The van der Waals surface area contributed by atoms with Gasteiger partial charge >= 0.3 is 5.97 Å². The van der Waals surface area contributed by atoms with Crippen molar-refractivity contribution in [3.63, 3.8) is 0 Å². The number of hydrogen-bond donors (Lipinski definition) is 0. The van der Waals surface area contributed by atoms with E-state index in [1.54, 1.807) is 29.1 Å². The van der Waals surface area contributed by atoms with E-state index in [1.807, 2.05) is 0 Å². The fourth-order valence-corrected chi connectivity index (χ4v) is 3.85. The van der Waals surface area contributed by atoms with Crippen molar-refractivity contribution in [2.24, 2.45) is 11.3 Å². The van der Waals surface area contributed by atoms with E-state index in [-0.39, 0.29) is 23.6 Å². The van der Waals surface area contributed by atoms with Gasteiger partial charge in [0.05, 0.1) is 11.7 Å². The lowest BCUT2D eigenvalue weighted by molar-refractivity contribution is -0.243. The largest absolute Gasteiger partial charge is 0.458 e. The summed E-state index contributed by atoms with van der Waals surface area (Å²) in [7, 11) is 0. The molecule has 0 bridgehead atoms. The molecule has 2 fully saturated rings. The molecule has 0 unspecified atom stereocenters. The number of carbonyl (C=O) groups excluding carboxylic acids is 1. The Balaban J connectivity index is 1.53. The van der Waals surface area contributed by atoms with Crippen LogP contribution in [0.5, 0.6) is 0 Å². The van der Waals surface area contributed by atoms with Crippen LogP contribution in [0.1, 0.15) is 37.0 Å². The summed E-state index contributed by atoms with van der Waals surface area (Å²) in [5.74, 6) is 0.0315. The van der Waals surface area contributed by atoms with Crippen molar-refractivity contribution < 1.29 is 14.3 Å². The number of ether oxygens (including phenoxy) is 2. The number of fused-ring (bicyclic) bond motifs is 2. The van der Waals surface area contributed by atoms with Crippen molar-refractivity contribution in [1.29, 1.82) is 0 Å². The average Bonchev–Trinajstić information content (AvgIpc) is 3.00. The first-order valence-electron chi connectivity index (χ1n) is 7.69. The molecule has 1 aliphatic heterocycles. The predicted octanol–water partition coefficient (Wildman–Crippen LogP) is 2.09. The zero-order valence-corrected chi connectivity index (χ0v) is 12.7. The number of nitrogens with zero attached hydrogens (tertiary/aromatic N) is 3. The van der Waals surface area contributed by atoms with Gasteiger partial charge in [0.1, 0.15) is 12.4 Å². The first-order valence-corrected chi connectivity index (χ1v) is 7.69. The lowest BCUT2D eigenvalue weighted by atomic mass is 9.57. The molecule has 0 spiro atoms. The maximum atomic E-state index is 12.5. The van der Waals surface area contributed by atoms with E-state index < -0.39 is 0 Å². The van der Waals surface area contributed by atoms with Crippen LogP contribution < -0.4 is 0 Å². The second-order valence-corrected chi connectivity index (χ2v) is 6.76. The van der Waals surface area contributed by atoms with Gasteiger partial charge in [-0.05, 0) is 25.0 Å². The molecule has 1 saturated heterocycles. The highest BCUT2D eigenvalue weighted by atomic mass is 16.6. The quantitative estimate of drug-likeness (QED) is 0.795. The van der Waals surface area contributed by atoms with Crippen molar-refractivity contribution >= 4 is 11.6 Å². The Morgan fingerprint density at radius 2 is 2.32 bits per heavy atom. The van der Waals surface area contributed by atoms with Crippen LogP contribution in [0.3, 0.4) is 0 Å². The van der Waals surface area contributed by atoms with Crippen LogP contribution in [-0.2, 0) is 9.47 Å². The number of rotatable bonds is 2. The van der Waals surface area contributed by atoms with Gasteiger partial charge in [-0.25, -0.2) is 4.79 Å². The number of pyridine rings is 1. The van der Waals surface area contributed by atoms with Crippen LogP contribution in [0.15, 0.2) is 24.7 Å². The van der Waals surface area contributed by atoms with E-state index in [1.165, 1.54) is 0 Å². The summed E-state index contributed by atoms with van der Waals surface area (Å²) in [6.45, 7) is 5.04. The molecule has 22 heavy (non-hydrogen) atoms. The third kappa shape index (κ3) is 1.94. The minimum Gasteiger partial charge on any atom is -0.458 e. The summed E-state index contributed by atoms with van der Waals surface area (Å²) >= 11 is 0. The van der Waals surface area contributed by atoms with E-state index >= 15 is 0 Å². The Labute approximate surface area is 128 Å². The lowest BCUT2D eigenvalue weighted by Crippen LogP contribution is -2.65. The van der Waals surface area contributed by atoms with Crippen molar-refractivity contribution in [3.05, 3.63) is 30.2 Å². The van der Waals surface area contributed by atoms with Gasteiger partial charge in [0.15, 0.2) is 5.65 Å². The molecule has 6 heteroatoms. The van der Waals surface area contributed by atoms with Crippen molar-refractivity contribution in [1.82, 2.24) is 14.6 Å². The number of aromatic nitrogens is 3. The molecule has 2 aliphatic rings. The monoisotopic (exact) mass is 301 g/mol. The maximum absolute atomic E-state index is 12.5. The Hall–Kier alpha value is -1.95. The smallest absolute Gasteiger partial charge is 0.339 e. The Morgan fingerprint density at radius 1 is 1.45 bits per heavy atom. The van der Waals surface area contributed by atoms with Gasteiger partial charge in [0.25, 0.3) is 0 Å². The van der Waals surface area contributed by atoms with Gasteiger partial charge in [-0.3, -0.25) is 4.40 Å². The Bertz CT molecular complexity index is 724. The molecular formula is C16H19N3O3. The van der Waals surface area contributed by atoms with Gasteiger partial charge in [-0.2, -0.15) is 0 Å². The number of hydrogen-bond acceptors (Lipinski definition) is 5. The third-order valence-corrected chi connectivity index (χ3v) is 4.98. The molecule has 116 valence electrons. The average molecular weight is 301 g/mol. The minimum atomic E-state index is -0.294. The molecule has 4 rings (SSSR count). The molecule has 1 aliphatic carbocycles. The second-order valence-electron chi connectivity index (χ2n) is 6.76. The Kier molecular flexibility index (Phi) is 2.97. The lowest BCUT2D eigenvalue weighted by Gasteiger charge is -2.58. The summed E-state index contributed by atoms with van der Waals surface area (Å²) in [5.41, 5.74) is 1.10. The molecule has 0 amide bonds. The van der Waals surface area contributed by atoms with Crippen molar-refractivity contribution in [2.75, 3.05) is 6.61 Å². The second kappa shape index (κ2) is 4.78. The molecule has 3 atom stereocenters. The summed E-state index contributed by atoms with van der Waals surface area (Å²) in [5, 5.41) is 7.74. The molecule has 6 nitrogen and oxygen atoms in total. The van der Waals surface area contributed by atoms with Gasteiger partial charge in [-0.15, -0.1) is 10.2 Å². The van der Waals surface area contributed by atoms with Gasteiger partial charge in [0.2, 0.25) is 0 Å². The van der Waals surface area contributed by atoms with E-state index in [2.05, 4.69) is 24.0 Å². The number of esters is 1. The van der Waals surface area contributed by atoms with Crippen LogP contribution >= 0.6 is 0 Å². The third-order valence-electron chi connectivity index (χ3n) is 4.98. The van der Waals surface area contributed by atoms with E-state index in [0.29, 0.717) is 17.1 Å². The first kappa shape index (κ1) is 13.7. The number of carbonyl (C=O) groups is 1. The predicted molar refractivity (Wildman–Crippen MR) is 78.4 cm³/mol. The summed E-state index contributed by atoms with van der Waals surface area (Å²) in [4.78, 5) is 12.5. The molecule has 0 aromatic carbocycles.